The zero-order valence-electron chi connectivity index (χ0n) is 11.1. The number of aliphatic hydroxyl groups is 1. The zero-order valence-corrected chi connectivity index (χ0v) is 11.1. The van der Waals surface area contributed by atoms with E-state index in [0.29, 0.717) is 6.42 Å². The lowest BCUT2D eigenvalue weighted by atomic mass is 9.94. The van der Waals surface area contributed by atoms with E-state index < -0.39 is 6.10 Å². The quantitative estimate of drug-likeness (QED) is 0.894. The van der Waals surface area contributed by atoms with Crippen LogP contribution in [0.25, 0.3) is 0 Å². The van der Waals surface area contributed by atoms with Crippen LogP contribution in [-0.4, -0.2) is 10.1 Å². The Morgan fingerprint density at radius 1 is 1.00 bits per heavy atom. The lowest BCUT2D eigenvalue weighted by Gasteiger charge is -2.16. The molecule has 94 valence electrons. The number of aliphatic hydroxyl groups excluding tert-OH is 1. The van der Waals surface area contributed by atoms with Gasteiger partial charge in [0, 0.05) is 18.8 Å². The Labute approximate surface area is 108 Å². The van der Waals surface area contributed by atoms with Crippen molar-refractivity contribution in [3.05, 3.63) is 64.5 Å². The number of nitrogens with zero attached hydrogens (tertiary/aromatic N) is 1. The average Bonchev–Trinajstić information content (AvgIpc) is 2.35. The highest BCUT2D eigenvalue weighted by Gasteiger charge is 2.12. The van der Waals surface area contributed by atoms with E-state index in [1.807, 2.05) is 12.1 Å². The predicted octanol–water partition coefficient (Wildman–Crippen LogP) is 3.28. The summed E-state index contributed by atoms with van der Waals surface area (Å²) >= 11 is 0. The minimum Gasteiger partial charge on any atom is -0.388 e. The molecule has 2 heteroatoms. The molecule has 0 aliphatic carbocycles. The lowest BCUT2D eigenvalue weighted by molar-refractivity contribution is 0.177. The Hall–Kier alpha value is -1.67. The fraction of sp³-hybridized carbons (Fsp3) is 0.312. The third kappa shape index (κ3) is 2.77. The van der Waals surface area contributed by atoms with Crippen molar-refractivity contribution in [3.63, 3.8) is 0 Å². The molecule has 1 unspecified atom stereocenters. The van der Waals surface area contributed by atoms with Crippen molar-refractivity contribution >= 4 is 0 Å². The number of aromatic nitrogens is 1. The summed E-state index contributed by atoms with van der Waals surface area (Å²) in [6.07, 6.45) is 3.70. The van der Waals surface area contributed by atoms with Gasteiger partial charge in [0.15, 0.2) is 0 Å². The topological polar surface area (TPSA) is 33.1 Å². The van der Waals surface area contributed by atoms with E-state index in [9.17, 15) is 5.11 Å². The average molecular weight is 241 g/mol. The Morgan fingerprint density at radius 3 is 2.28 bits per heavy atom. The molecule has 0 amide bonds. The fourth-order valence-electron chi connectivity index (χ4n) is 2.19. The largest absolute Gasteiger partial charge is 0.388 e. The van der Waals surface area contributed by atoms with Crippen molar-refractivity contribution in [2.45, 2.75) is 33.3 Å². The summed E-state index contributed by atoms with van der Waals surface area (Å²) in [5, 5.41) is 10.3. The molecule has 0 spiro atoms. The van der Waals surface area contributed by atoms with Crippen LogP contribution in [0.15, 0.2) is 36.7 Å². The number of benzene rings is 1. The molecule has 0 radical (unpaired) electrons. The summed E-state index contributed by atoms with van der Waals surface area (Å²) < 4.78 is 0. The maximum absolute atomic E-state index is 10.3. The van der Waals surface area contributed by atoms with E-state index in [1.165, 1.54) is 11.1 Å². The van der Waals surface area contributed by atoms with Gasteiger partial charge in [-0.15, -0.1) is 0 Å². The van der Waals surface area contributed by atoms with Gasteiger partial charge in [-0.25, -0.2) is 0 Å². The molecule has 2 rings (SSSR count). The maximum Gasteiger partial charge on any atom is 0.0833 e. The van der Waals surface area contributed by atoms with Gasteiger partial charge < -0.3 is 5.11 Å². The highest BCUT2D eigenvalue weighted by molar-refractivity contribution is 5.38. The van der Waals surface area contributed by atoms with E-state index >= 15 is 0 Å². The molecule has 1 atom stereocenters. The lowest BCUT2D eigenvalue weighted by Crippen LogP contribution is -2.05. The van der Waals surface area contributed by atoms with Crippen LogP contribution < -0.4 is 0 Å². The molecular weight excluding hydrogens is 222 g/mol. The normalized spacial score (nSPS) is 12.4. The van der Waals surface area contributed by atoms with Gasteiger partial charge in [-0.1, -0.05) is 12.1 Å². The molecule has 1 aromatic carbocycles. The van der Waals surface area contributed by atoms with Crippen LogP contribution >= 0.6 is 0 Å². The van der Waals surface area contributed by atoms with Crippen LogP contribution in [0.2, 0.25) is 0 Å². The van der Waals surface area contributed by atoms with Crippen LogP contribution in [0.5, 0.6) is 0 Å². The van der Waals surface area contributed by atoms with Gasteiger partial charge in [0.25, 0.3) is 0 Å². The molecule has 2 aromatic rings. The van der Waals surface area contributed by atoms with Crippen LogP contribution in [0, 0.1) is 20.8 Å². The van der Waals surface area contributed by atoms with Gasteiger partial charge in [-0.3, -0.25) is 4.98 Å². The monoisotopic (exact) mass is 241 g/mol. The van der Waals surface area contributed by atoms with Crippen LogP contribution in [0.1, 0.15) is 33.9 Å². The number of aryl methyl sites for hydroxylation is 3. The molecule has 0 aliphatic heterocycles. The Bertz CT molecular complexity index is 534. The van der Waals surface area contributed by atoms with Gasteiger partial charge >= 0.3 is 0 Å². The van der Waals surface area contributed by atoms with E-state index in [-0.39, 0.29) is 0 Å². The number of rotatable bonds is 3. The Kier molecular flexibility index (Phi) is 3.78. The molecule has 1 heterocycles. The summed E-state index contributed by atoms with van der Waals surface area (Å²) in [6, 6.07) is 8.12. The molecule has 0 bridgehead atoms. The van der Waals surface area contributed by atoms with E-state index in [0.717, 1.165) is 16.7 Å². The number of pyridine rings is 1. The highest BCUT2D eigenvalue weighted by Crippen LogP contribution is 2.24. The second-order valence-corrected chi connectivity index (χ2v) is 4.87. The van der Waals surface area contributed by atoms with Crippen molar-refractivity contribution in [1.82, 2.24) is 4.98 Å². The Morgan fingerprint density at radius 2 is 1.61 bits per heavy atom. The van der Waals surface area contributed by atoms with E-state index in [2.05, 4.69) is 37.9 Å². The third-order valence-electron chi connectivity index (χ3n) is 3.42. The fourth-order valence-corrected chi connectivity index (χ4v) is 2.19. The predicted molar refractivity (Wildman–Crippen MR) is 73.6 cm³/mol. The van der Waals surface area contributed by atoms with Crippen LogP contribution in [0.3, 0.4) is 0 Å². The Balaban J connectivity index is 2.24. The molecule has 0 fully saturated rings. The molecule has 18 heavy (non-hydrogen) atoms. The first kappa shape index (κ1) is 12.8. The molecular formula is C16H19NO. The van der Waals surface area contributed by atoms with Crippen molar-refractivity contribution in [2.75, 3.05) is 0 Å². The second kappa shape index (κ2) is 5.32. The summed E-state index contributed by atoms with van der Waals surface area (Å²) in [5.74, 6) is 0. The standard InChI is InChI=1S/C16H19NO/c1-11-8-13(3)15(9-12(11)2)16(18)10-14-4-6-17-7-5-14/h4-9,16,18H,10H2,1-3H3. The second-order valence-electron chi connectivity index (χ2n) is 4.87. The maximum atomic E-state index is 10.3. The summed E-state index contributed by atoms with van der Waals surface area (Å²) in [6.45, 7) is 6.23. The smallest absolute Gasteiger partial charge is 0.0833 e. The van der Waals surface area contributed by atoms with Gasteiger partial charge in [-0.05, 0) is 60.7 Å². The minimum atomic E-state index is -0.452. The molecule has 2 nitrogen and oxygen atoms in total. The highest BCUT2D eigenvalue weighted by atomic mass is 16.3. The number of hydrogen-bond acceptors (Lipinski definition) is 2. The van der Waals surface area contributed by atoms with Crippen LogP contribution in [-0.2, 0) is 6.42 Å². The molecule has 0 aliphatic rings. The van der Waals surface area contributed by atoms with Crippen molar-refractivity contribution in [3.8, 4) is 0 Å². The van der Waals surface area contributed by atoms with Crippen molar-refractivity contribution in [1.29, 1.82) is 0 Å². The van der Waals surface area contributed by atoms with Gasteiger partial charge in [0.1, 0.15) is 0 Å². The van der Waals surface area contributed by atoms with E-state index in [1.54, 1.807) is 12.4 Å². The molecule has 1 aromatic heterocycles. The summed E-state index contributed by atoms with van der Waals surface area (Å²) in [5.41, 5.74) is 5.78. The van der Waals surface area contributed by atoms with Gasteiger partial charge in [0.2, 0.25) is 0 Å². The minimum absolute atomic E-state index is 0.452. The first-order valence-corrected chi connectivity index (χ1v) is 6.22. The van der Waals surface area contributed by atoms with Gasteiger partial charge in [0.05, 0.1) is 6.10 Å². The first-order valence-electron chi connectivity index (χ1n) is 6.22. The van der Waals surface area contributed by atoms with Crippen molar-refractivity contribution in [2.24, 2.45) is 0 Å². The summed E-state index contributed by atoms with van der Waals surface area (Å²) in [7, 11) is 0. The van der Waals surface area contributed by atoms with Gasteiger partial charge in [-0.2, -0.15) is 0 Å². The molecule has 1 N–H and O–H groups in total. The molecule has 0 saturated carbocycles. The first-order chi connectivity index (χ1) is 8.58. The SMILES string of the molecule is Cc1cc(C)c(C(O)Cc2ccncc2)cc1C. The van der Waals surface area contributed by atoms with E-state index in [4.69, 9.17) is 0 Å². The van der Waals surface area contributed by atoms with Crippen molar-refractivity contribution < 1.29 is 5.11 Å². The number of hydrogen-bond donors (Lipinski definition) is 1. The third-order valence-corrected chi connectivity index (χ3v) is 3.42. The van der Waals surface area contributed by atoms with Crippen LogP contribution in [0.4, 0.5) is 0 Å². The zero-order chi connectivity index (χ0) is 13.1. The summed E-state index contributed by atoms with van der Waals surface area (Å²) in [4.78, 5) is 3.99. The molecule has 0 saturated heterocycles.